The maximum atomic E-state index is 13.2. The van der Waals surface area contributed by atoms with Crippen molar-refractivity contribution in [3.05, 3.63) is 33.1 Å². The molecule has 260 valence electrons. The Morgan fingerprint density at radius 2 is 1.38 bits per heavy atom. The zero-order chi connectivity index (χ0) is 32.5. The second-order valence-electron chi connectivity index (χ2n) is 12.5. The summed E-state index contributed by atoms with van der Waals surface area (Å²) in [7, 11) is -2.85. The number of aromatic amines is 1. The van der Waals surface area contributed by atoms with Crippen LogP contribution in [0, 0.1) is 0 Å². The summed E-state index contributed by atoms with van der Waals surface area (Å²) in [5.74, 6) is -1.01. The number of H-pyrrole nitrogens is 1. The Bertz CT molecular complexity index is 1130. The number of phosphoric ester groups is 1. The molecule has 3 heterocycles. The highest BCUT2D eigenvalue weighted by molar-refractivity contribution is 7.48. The van der Waals surface area contributed by atoms with E-state index in [0.29, 0.717) is 6.61 Å². The molecule has 3 rings (SSSR count). The number of hydrogen-bond donors (Lipinski definition) is 1. The molecule has 0 saturated carbocycles. The van der Waals surface area contributed by atoms with Crippen LogP contribution in [0.4, 0.5) is 0 Å². The minimum atomic E-state index is -4.06. The maximum Gasteiger partial charge on any atom is 0.477 e. The molecule has 0 aliphatic carbocycles. The third-order valence-corrected chi connectivity index (χ3v) is 9.60. The lowest BCUT2D eigenvalue weighted by molar-refractivity contribution is -0.228. The summed E-state index contributed by atoms with van der Waals surface area (Å²) in [6, 6.07) is 1.19. The van der Waals surface area contributed by atoms with Crippen molar-refractivity contribution in [1.82, 2.24) is 9.55 Å². The van der Waals surface area contributed by atoms with Crippen molar-refractivity contribution in [2.24, 2.45) is 0 Å². The Hall–Kier alpha value is -1.37. The Morgan fingerprint density at radius 3 is 1.93 bits per heavy atom. The summed E-state index contributed by atoms with van der Waals surface area (Å²) in [6.07, 6.45) is 18.5. The first-order valence-corrected chi connectivity index (χ1v) is 18.5. The van der Waals surface area contributed by atoms with Gasteiger partial charge in [0, 0.05) is 26.0 Å². The van der Waals surface area contributed by atoms with Crippen molar-refractivity contribution < 1.29 is 37.1 Å². The molecule has 1 aromatic heterocycles. The Kier molecular flexibility index (Phi) is 17.0. The van der Waals surface area contributed by atoms with Gasteiger partial charge in [0.25, 0.3) is 5.56 Å². The quantitative estimate of drug-likeness (QED) is 0.0864. The van der Waals surface area contributed by atoms with E-state index in [-0.39, 0.29) is 13.2 Å². The fourth-order valence-corrected chi connectivity index (χ4v) is 6.77. The number of nitrogens with zero attached hydrogens (tertiary/aromatic N) is 1. The number of fused-ring (bicyclic) bond motifs is 1. The van der Waals surface area contributed by atoms with Crippen LogP contribution in [-0.2, 0) is 37.1 Å². The van der Waals surface area contributed by atoms with Crippen LogP contribution in [0.15, 0.2) is 21.9 Å². The molecule has 1 N–H and O–H groups in total. The zero-order valence-electron chi connectivity index (χ0n) is 27.9. The van der Waals surface area contributed by atoms with Gasteiger partial charge in [-0.05, 0) is 20.3 Å². The van der Waals surface area contributed by atoms with Gasteiger partial charge in [-0.2, -0.15) is 0 Å². The fraction of sp³-hybridized carbons (Fsp3) is 0.875. The van der Waals surface area contributed by atoms with E-state index in [2.05, 4.69) is 11.9 Å². The zero-order valence-corrected chi connectivity index (χ0v) is 28.8. The van der Waals surface area contributed by atoms with E-state index in [1.54, 1.807) is 13.8 Å². The highest BCUT2D eigenvalue weighted by Gasteiger charge is 2.58. The van der Waals surface area contributed by atoms with Gasteiger partial charge >= 0.3 is 13.5 Å². The standard InChI is InChI=1S/C32H57N2O10P/c1-5-6-7-8-9-10-11-12-13-14-15-16-17-18-19-20-23-39-24-25-40-45(37,38-4)44-30-28-27(42-32(2,3)43-28)29(41-30)34-22-21-26(35)33-31(34)36/h21-22,27-30H,5-20,23-25H2,1-4H3,(H,33,35,36)/t27-,28-,29+,30-,45?/m1/s1. The van der Waals surface area contributed by atoms with Crippen LogP contribution in [0.2, 0.25) is 0 Å². The van der Waals surface area contributed by atoms with E-state index in [4.69, 9.17) is 32.5 Å². The monoisotopic (exact) mass is 660 g/mol. The normalized spacial score (nSPS) is 23.7. The molecular weight excluding hydrogens is 603 g/mol. The van der Waals surface area contributed by atoms with Gasteiger partial charge < -0.3 is 18.9 Å². The molecule has 0 amide bonds. The molecule has 5 atom stereocenters. The van der Waals surface area contributed by atoms with Crippen molar-refractivity contribution in [3.63, 3.8) is 0 Å². The van der Waals surface area contributed by atoms with Crippen LogP contribution in [0.3, 0.4) is 0 Å². The summed E-state index contributed by atoms with van der Waals surface area (Å²) >= 11 is 0. The Balaban J connectivity index is 1.24. The van der Waals surface area contributed by atoms with Gasteiger partial charge in [0.1, 0.15) is 12.2 Å². The molecule has 1 aromatic rings. The second kappa shape index (κ2) is 20.1. The van der Waals surface area contributed by atoms with E-state index in [1.165, 1.54) is 114 Å². The fourth-order valence-electron chi connectivity index (χ4n) is 5.79. The summed E-state index contributed by atoms with van der Waals surface area (Å²) in [4.78, 5) is 26.1. The molecule has 0 bridgehead atoms. The van der Waals surface area contributed by atoms with Crippen molar-refractivity contribution in [3.8, 4) is 0 Å². The predicted octanol–water partition coefficient (Wildman–Crippen LogP) is 6.98. The van der Waals surface area contributed by atoms with E-state index >= 15 is 0 Å². The van der Waals surface area contributed by atoms with Crippen LogP contribution in [0.25, 0.3) is 0 Å². The number of unbranched alkanes of at least 4 members (excludes halogenated alkanes) is 15. The average molecular weight is 661 g/mol. The van der Waals surface area contributed by atoms with Crippen molar-refractivity contribution >= 4 is 7.82 Å². The number of ether oxygens (including phenoxy) is 4. The highest BCUT2D eigenvalue weighted by Crippen LogP contribution is 2.54. The number of hydrogen-bond acceptors (Lipinski definition) is 10. The lowest BCUT2D eigenvalue weighted by Gasteiger charge is -2.26. The smallest absolute Gasteiger partial charge is 0.379 e. The summed E-state index contributed by atoms with van der Waals surface area (Å²) in [5.41, 5.74) is -1.23. The Labute approximate surface area is 268 Å². The largest absolute Gasteiger partial charge is 0.477 e. The Morgan fingerprint density at radius 1 is 0.822 bits per heavy atom. The van der Waals surface area contributed by atoms with Crippen LogP contribution >= 0.6 is 7.82 Å². The lowest BCUT2D eigenvalue weighted by atomic mass is 10.0. The van der Waals surface area contributed by atoms with Crippen LogP contribution < -0.4 is 11.2 Å². The third kappa shape index (κ3) is 13.3. The van der Waals surface area contributed by atoms with Gasteiger partial charge in [-0.25, -0.2) is 9.36 Å². The average Bonchev–Trinajstić information content (AvgIpc) is 3.49. The molecule has 0 spiro atoms. The van der Waals surface area contributed by atoms with Crippen molar-refractivity contribution in [2.75, 3.05) is 26.9 Å². The molecule has 13 heteroatoms. The van der Waals surface area contributed by atoms with Gasteiger partial charge in [-0.15, -0.1) is 0 Å². The molecule has 2 fully saturated rings. The molecule has 2 aliphatic heterocycles. The topological polar surface area (TPSA) is 137 Å². The lowest BCUT2D eigenvalue weighted by Crippen LogP contribution is -2.37. The number of aromatic nitrogens is 2. The number of rotatable bonds is 25. The SMILES string of the molecule is CCCCCCCCCCCCCCCCCCOCCOP(=O)(OC)O[C@H]1O[C@H](n2ccc(=O)[nH]c2=O)[C@@H]2OC(C)(C)O[C@@H]12. The molecule has 0 aromatic carbocycles. The van der Waals surface area contributed by atoms with E-state index in [0.717, 1.165) is 12.8 Å². The predicted molar refractivity (Wildman–Crippen MR) is 171 cm³/mol. The van der Waals surface area contributed by atoms with Crippen LogP contribution in [0.1, 0.15) is 130 Å². The van der Waals surface area contributed by atoms with Crippen LogP contribution in [0.5, 0.6) is 0 Å². The van der Waals surface area contributed by atoms with Crippen LogP contribution in [-0.4, -0.2) is 60.8 Å². The van der Waals surface area contributed by atoms with Crippen molar-refractivity contribution in [2.45, 2.75) is 154 Å². The molecule has 2 aliphatic rings. The summed E-state index contributed by atoms with van der Waals surface area (Å²) in [5, 5.41) is 0. The van der Waals surface area contributed by atoms with E-state index < -0.39 is 49.6 Å². The molecule has 12 nitrogen and oxygen atoms in total. The first kappa shape index (κ1) is 38.1. The highest BCUT2D eigenvalue weighted by atomic mass is 31.2. The van der Waals surface area contributed by atoms with Crippen molar-refractivity contribution in [1.29, 1.82) is 0 Å². The first-order chi connectivity index (χ1) is 21.7. The molecule has 45 heavy (non-hydrogen) atoms. The van der Waals surface area contributed by atoms with E-state index in [9.17, 15) is 14.2 Å². The van der Waals surface area contributed by atoms with E-state index in [1.807, 2.05) is 0 Å². The third-order valence-electron chi connectivity index (χ3n) is 8.19. The summed E-state index contributed by atoms with van der Waals surface area (Å²) in [6.45, 7) is 6.51. The van der Waals surface area contributed by atoms with Gasteiger partial charge in [-0.3, -0.25) is 27.9 Å². The first-order valence-electron chi connectivity index (χ1n) is 17.1. The minimum absolute atomic E-state index is 0.00352. The number of phosphoric acid groups is 1. The molecule has 1 unspecified atom stereocenters. The molecule has 2 saturated heterocycles. The van der Waals surface area contributed by atoms with Gasteiger partial charge in [-0.1, -0.05) is 103 Å². The van der Waals surface area contributed by atoms with Gasteiger partial charge in [0.15, 0.2) is 12.0 Å². The van der Waals surface area contributed by atoms with Gasteiger partial charge in [0.2, 0.25) is 6.29 Å². The number of nitrogens with one attached hydrogen (secondary N) is 1. The molecule has 0 radical (unpaired) electrons. The molecular formula is C32H57N2O10P. The second-order valence-corrected chi connectivity index (χ2v) is 14.2. The van der Waals surface area contributed by atoms with Gasteiger partial charge in [0.05, 0.1) is 13.2 Å². The minimum Gasteiger partial charge on any atom is -0.379 e. The summed E-state index contributed by atoms with van der Waals surface area (Å²) < 4.78 is 54.0. The maximum absolute atomic E-state index is 13.2.